The van der Waals surface area contributed by atoms with Gasteiger partial charge in [-0.05, 0) is 64.1 Å². The molecule has 1 aliphatic heterocycles. The Morgan fingerprint density at radius 2 is 1.14 bits per heavy atom. The third kappa shape index (κ3) is 3.54. The second-order valence-corrected chi connectivity index (χ2v) is 8.09. The Balaban J connectivity index is 1.87. The van der Waals surface area contributed by atoms with Crippen LogP contribution in [0.1, 0.15) is 38.9 Å². The minimum atomic E-state index is 1.01. The average molecular weight is 383 g/mol. The van der Waals surface area contributed by atoms with Gasteiger partial charge >= 0.3 is 0 Å². The quantitative estimate of drug-likeness (QED) is 0.553. The number of rotatable bonds is 3. The Morgan fingerprint density at radius 1 is 0.655 bits per heavy atom. The smallest absolute Gasteiger partial charge is 0.0629 e. The topological polar surface area (TPSA) is 18.5 Å². The van der Waals surface area contributed by atoms with Gasteiger partial charge in [0.2, 0.25) is 0 Å². The Labute approximate surface area is 174 Å². The highest BCUT2D eigenvalue weighted by molar-refractivity contribution is 5.84. The fourth-order valence-corrected chi connectivity index (χ4v) is 4.44. The zero-order chi connectivity index (χ0) is 20.7. The maximum absolute atomic E-state index is 3.61. The predicted molar refractivity (Wildman–Crippen MR) is 122 cm³/mol. The van der Waals surface area contributed by atoms with E-state index in [-0.39, 0.29) is 0 Å². The summed E-state index contributed by atoms with van der Waals surface area (Å²) in [6.07, 6.45) is 3.61. The molecule has 0 unspecified atom stereocenters. The van der Waals surface area contributed by atoms with Gasteiger partial charge in [-0.1, -0.05) is 76.5 Å². The summed E-state index contributed by atoms with van der Waals surface area (Å²) in [6, 6.07) is 19.4. The summed E-state index contributed by atoms with van der Waals surface area (Å²) in [4.78, 5) is 0. The fraction of sp³-hybridized carbons (Fsp3) is 0.231. The van der Waals surface area contributed by atoms with Crippen LogP contribution in [0.3, 0.4) is 0 Å². The van der Waals surface area contributed by atoms with Gasteiger partial charge < -0.3 is 5.01 Å². The molecule has 3 aromatic carbocycles. The van der Waals surface area contributed by atoms with Gasteiger partial charge in [0.25, 0.3) is 0 Å². The molecule has 0 aromatic heterocycles. The van der Waals surface area contributed by atoms with Crippen LogP contribution in [0.4, 0.5) is 11.4 Å². The lowest BCUT2D eigenvalue weighted by Crippen LogP contribution is -2.42. The van der Waals surface area contributed by atoms with Gasteiger partial charge in [0.1, 0.15) is 0 Å². The second-order valence-electron chi connectivity index (χ2n) is 8.09. The summed E-state index contributed by atoms with van der Waals surface area (Å²) in [6.45, 7) is 12.9. The number of hydrazine groups is 2. The molecule has 3 nitrogen and oxygen atoms in total. The number of anilines is 2. The second kappa shape index (κ2) is 7.41. The van der Waals surface area contributed by atoms with Gasteiger partial charge in [-0.15, -0.1) is 12.1 Å². The SMILES string of the molecule is Cc1cc(C)c(N2[C-]=C(c3ccccc3)N(c3c(C)cc(C)cc3C)N2)c(C)c1. The van der Waals surface area contributed by atoms with E-state index in [9.17, 15) is 0 Å². The van der Waals surface area contributed by atoms with E-state index in [0.29, 0.717) is 0 Å². The van der Waals surface area contributed by atoms with Crippen molar-refractivity contribution in [2.45, 2.75) is 41.5 Å². The molecule has 3 aromatic rings. The van der Waals surface area contributed by atoms with E-state index in [0.717, 1.165) is 16.9 Å². The first kappa shape index (κ1) is 19.3. The van der Waals surface area contributed by atoms with Gasteiger partial charge in [-0.25, -0.2) is 0 Å². The lowest BCUT2D eigenvalue weighted by molar-refractivity contribution is 0.745. The Hall–Kier alpha value is -3.04. The van der Waals surface area contributed by atoms with E-state index in [1.807, 2.05) is 11.1 Å². The predicted octanol–water partition coefficient (Wildman–Crippen LogP) is 6.09. The molecule has 0 aliphatic carbocycles. The van der Waals surface area contributed by atoms with Crippen molar-refractivity contribution < 1.29 is 0 Å². The normalized spacial score (nSPS) is 13.8. The van der Waals surface area contributed by atoms with Gasteiger partial charge in [-0.2, -0.15) is 5.53 Å². The summed E-state index contributed by atoms with van der Waals surface area (Å²) in [5, 5.41) is 4.20. The van der Waals surface area contributed by atoms with Crippen molar-refractivity contribution >= 4 is 17.1 Å². The van der Waals surface area contributed by atoms with Crippen molar-refractivity contribution in [1.29, 1.82) is 0 Å². The molecule has 0 saturated heterocycles. The van der Waals surface area contributed by atoms with E-state index < -0.39 is 0 Å². The van der Waals surface area contributed by atoms with Crippen LogP contribution in [0.2, 0.25) is 0 Å². The molecule has 4 rings (SSSR count). The lowest BCUT2D eigenvalue weighted by Gasteiger charge is -2.34. The summed E-state index contributed by atoms with van der Waals surface area (Å²) < 4.78 is 0. The van der Waals surface area contributed by atoms with E-state index in [4.69, 9.17) is 0 Å². The van der Waals surface area contributed by atoms with Gasteiger partial charge in [-0.3, -0.25) is 5.01 Å². The Bertz CT molecular complexity index is 1050. The number of hydrogen-bond acceptors (Lipinski definition) is 3. The molecule has 0 amide bonds. The highest BCUT2D eigenvalue weighted by atomic mass is 15.8. The standard InChI is InChI=1S/C26H28N3/c1-17-12-19(3)25(20(4)13-17)28-16-24(23-10-8-7-9-11-23)29(27-28)26-21(5)14-18(2)15-22(26)6/h7-15,27H,1-6H3/q-1. The molecule has 0 saturated carbocycles. The zero-order valence-corrected chi connectivity index (χ0v) is 18.1. The molecule has 0 spiro atoms. The highest BCUT2D eigenvalue weighted by Gasteiger charge is 2.22. The first-order valence-corrected chi connectivity index (χ1v) is 10.1. The van der Waals surface area contributed by atoms with Crippen molar-refractivity contribution in [2.75, 3.05) is 10.0 Å². The molecule has 0 atom stereocenters. The van der Waals surface area contributed by atoms with E-state index in [1.54, 1.807) is 0 Å². The van der Waals surface area contributed by atoms with Crippen LogP contribution < -0.4 is 15.6 Å². The van der Waals surface area contributed by atoms with Crippen molar-refractivity contribution in [3.63, 3.8) is 0 Å². The summed E-state index contributed by atoms with van der Waals surface area (Å²) >= 11 is 0. The van der Waals surface area contributed by atoms with Crippen LogP contribution in [-0.4, -0.2) is 0 Å². The third-order valence-electron chi connectivity index (χ3n) is 5.41. The van der Waals surface area contributed by atoms with Gasteiger partial charge in [0, 0.05) is 0 Å². The molecule has 29 heavy (non-hydrogen) atoms. The lowest BCUT2D eigenvalue weighted by atomic mass is 10.0. The number of nitrogens with one attached hydrogen (secondary N) is 1. The molecule has 0 radical (unpaired) electrons. The summed E-state index contributed by atoms with van der Waals surface area (Å²) in [5.41, 5.74) is 15.6. The average Bonchev–Trinajstić information content (AvgIpc) is 3.05. The first-order valence-electron chi connectivity index (χ1n) is 10.1. The minimum absolute atomic E-state index is 1.01. The van der Waals surface area contributed by atoms with Crippen LogP contribution >= 0.6 is 0 Å². The maximum Gasteiger partial charge on any atom is 0.0629 e. The van der Waals surface area contributed by atoms with Crippen LogP contribution in [0.25, 0.3) is 5.70 Å². The molecule has 0 fully saturated rings. The molecule has 1 heterocycles. The Kier molecular flexibility index (Phi) is 4.93. The molecule has 3 heteroatoms. The minimum Gasteiger partial charge on any atom is -0.371 e. The molecule has 148 valence electrons. The third-order valence-corrected chi connectivity index (χ3v) is 5.41. The van der Waals surface area contributed by atoms with Crippen LogP contribution in [0.5, 0.6) is 0 Å². The number of aryl methyl sites for hydroxylation is 6. The van der Waals surface area contributed by atoms with Crippen LogP contribution in [0.15, 0.2) is 54.6 Å². The van der Waals surface area contributed by atoms with Crippen molar-refractivity contribution in [3.8, 4) is 0 Å². The maximum atomic E-state index is 3.61. The monoisotopic (exact) mass is 382 g/mol. The molecular weight excluding hydrogens is 354 g/mol. The molecule has 0 bridgehead atoms. The zero-order valence-electron chi connectivity index (χ0n) is 18.1. The first-order chi connectivity index (χ1) is 13.8. The van der Waals surface area contributed by atoms with E-state index >= 15 is 0 Å². The van der Waals surface area contributed by atoms with Gasteiger partial charge in [0.05, 0.1) is 5.69 Å². The highest BCUT2D eigenvalue weighted by Crippen LogP contribution is 2.36. The van der Waals surface area contributed by atoms with Crippen molar-refractivity contribution in [1.82, 2.24) is 5.53 Å². The summed E-state index contributed by atoms with van der Waals surface area (Å²) in [5.74, 6) is 0. The van der Waals surface area contributed by atoms with Crippen molar-refractivity contribution in [3.05, 3.63) is 99.7 Å². The molecule has 1 N–H and O–H groups in total. The van der Waals surface area contributed by atoms with Gasteiger partial charge in [0.15, 0.2) is 0 Å². The fourth-order valence-electron chi connectivity index (χ4n) is 4.44. The molecule has 1 aliphatic rings. The van der Waals surface area contributed by atoms with Crippen LogP contribution in [-0.2, 0) is 0 Å². The van der Waals surface area contributed by atoms with Crippen molar-refractivity contribution in [2.24, 2.45) is 0 Å². The number of benzene rings is 3. The molecular formula is C26H28N3-. The Morgan fingerprint density at radius 3 is 1.66 bits per heavy atom. The number of hydrogen-bond donors (Lipinski definition) is 1. The van der Waals surface area contributed by atoms with E-state index in [1.165, 1.54) is 39.1 Å². The summed E-state index contributed by atoms with van der Waals surface area (Å²) in [7, 11) is 0. The number of nitrogens with zero attached hydrogens (tertiary/aromatic N) is 2. The van der Waals surface area contributed by atoms with Crippen LogP contribution in [0, 0.1) is 47.7 Å². The van der Waals surface area contributed by atoms with E-state index in [2.05, 4.69) is 107 Å². The largest absolute Gasteiger partial charge is 0.371 e.